The summed E-state index contributed by atoms with van der Waals surface area (Å²) in [5.41, 5.74) is 0.927. The van der Waals surface area contributed by atoms with Gasteiger partial charge in [0.05, 0.1) is 8.07 Å². The van der Waals surface area contributed by atoms with Crippen molar-refractivity contribution in [2.24, 2.45) is 0 Å². The van der Waals surface area contributed by atoms with E-state index in [0.29, 0.717) is 0 Å². The molecule has 112 valence electrons. The van der Waals surface area contributed by atoms with Gasteiger partial charge in [-0.2, -0.15) is 0 Å². The summed E-state index contributed by atoms with van der Waals surface area (Å²) in [4.78, 5) is 15.0. The maximum Gasteiger partial charge on any atom is 0.254 e. The second kappa shape index (κ2) is 6.02. The third-order valence-corrected chi connectivity index (χ3v) is 6.03. The van der Waals surface area contributed by atoms with Gasteiger partial charge in [0.1, 0.15) is 0 Å². The summed E-state index contributed by atoms with van der Waals surface area (Å²) in [6.07, 6.45) is 0. The quantitative estimate of drug-likeness (QED) is 0.785. The van der Waals surface area contributed by atoms with E-state index in [0.717, 1.165) is 29.4 Å². The second-order valence-corrected chi connectivity index (χ2v) is 11.5. The van der Waals surface area contributed by atoms with Crippen LogP contribution in [-0.2, 0) is 0 Å². The fourth-order valence-electron chi connectivity index (χ4n) is 2.80. The molecule has 0 heterocycles. The molecule has 0 saturated carbocycles. The van der Waals surface area contributed by atoms with E-state index in [9.17, 15) is 4.79 Å². The Morgan fingerprint density at radius 2 is 1.62 bits per heavy atom. The molecule has 3 heteroatoms. The molecule has 0 spiro atoms. The highest BCUT2D eigenvalue weighted by atomic mass is 28.3. The van der Waals surface area contributed by atoms with Crippen molar-refractivity contribution in [2.75, 3.05) is 13.1 Å². The summed E-state index contributed by atoms with van der Waals surface area (Å²) in [5, 5.41) is 3.50. The van der Waals surface area contributed by atoms with E-state index in [4.69, 9.17) is 0 Å². The Labute approximate surface area is 128 Å². The van der Waals surface area contributed by atoms with Gasteiger partial charge < -0.3 is 4.90 Å². The van der Waals surface area contributed by atoms with Crippen LogP contribution in [0.15, 0.2) is 36.4 Å². The van der Waals surface area contributed by atoms with Crippen molar-refractivity contribution in [1.82, 2.24) is 4.90 Å². The van der Waals surface area contributed by atoms with Crippen LogP contribution in [0.5, 0.6) is 0 Å². The summed E-state index contributed by atoms with van der Waals surface area (Å²) >= 11 is 0. The highest BCUT2D eigenvalue weighted by molar-refractivity contribution is 6.89. The van der Waals surface area contributed by atoms with Crippen LogP contribution in [-0.4, -0.2) is 32.0 Å². The minimum Gasteiger partial charge on any atom is -0.339 e. The Morgan fingerprint density at radius 1 is 1.00 bits per heavy atom. The fourth-order valence-corrected chi connectivity index (χ4v) is 4.37. The van der Waals surface area contributed by atoms with E-state index < -0.39 is 8.07 Å². The van der Waals surface area contributed by atoms with Gasteiger partial charge in [-0.05, 0) is 29.8 Å². The van der Waals surface area contributed by atoms with Crippen LogP contribution < -0.4 is 5.19 Å². The zero-order valence-electron chi connectivity index (χ0n) is 13.7. The Bertz CT molecular complexity index is 654. The van der Waals surface area contributed by atoms with Crippen molar-refractivity contribution in [1.29, 1.82) is 0 Å². The molecule has 0 saturated heterocycles. The van der Waals surface area contributed by atoms with Crippen LogP contribution in [0, 0.1) is 0 Å². The van der Waals surface area contributed by atoms with Gasteiger partial charge in [0.2, 0.25) is 0 Å². The van der Waals surface area contributed by atoms with Crippen LogP contribution in [0.2, 0.25) is 19.6 Å². The molecule has 2 aromatic carbocycles. The van der Waals surface area contributed by atoms with Gasteiger partial charge in [-0.3, -0.25) is 4.79 Å². The van der Waals surface area contributed by atoms with E-state index in [-0.39, 0.29) is 5.91 Å². The molecule has 1 amide bonds. The molecule has 0 atom stereocenters. The zero-order chi connectivity index (χ0) is 15.6. The van der Waals surface area contributed by atoms with Gasteiger partial charge in [0.15, 0.2) is 0 Å². The number of fused-ring (bicyclic) bond motifs is 1. The topological polar surface area (TPSA) is 20.3 Å². The van der Waals surface area contributed by atoms with Crippen LogP contribution in [0.3, 0.4) is 0 Å². The second-order valence-electron chi connectivity index (χ2n) is 6.44. The Kier molecular flexibility index (Phi) is 4.52. The summed E-state index contributed by atoms with van der Waals surface area (Å²) in [7, 11) is -1.58. The third kappa shape index (κ3) is 3.03. The molecule has 2 aromatic rings. The van der Waals surface area contributed by atoms with E-state index in [1.54, 1.807) is 0 Å². The van der Waals surface area contributed by atoms with Crippen LogP contribution in [0.4, 0.5) is 0 Å². The number of benzene rings is 2. The first-order valence-electron chi connectivity index (χ1n) is 7.71. The standard InChI is InChI=1S/C18H25NOSi/c1-6-19(7-2)18(20)17-15-11-9-8-10-14(15)12-13-16(17)21(3,4)5/h8-13H,6-7H2,1-5H3. The average Bonchev–Trinajstić information content (AvgIpc) is 2.46. The summed E-state index contributed by atoms with van der Waals surface area (Å²) < 4.78 is 0. The lowest BCUT2D eigenvalue weighted by molar-refractivity contribution is 0.0776. The van der Waals surface area contributed by atoms with Gasteiger partial charge >= 0.3 is 0 Å². The minimum atomic E-state index is -1.58. The van der Waals surface area contributed by atoms with Gasteiger partial charge in [0.25, 0.3) is 5.91 Å². The van der Waals surface area contributed by atoms with E-state index in [1.807, 2.05) is 30.9 Å². The Morgan fingerprint density at radius 3 is 2.19 bits per heavy atom. The zero-order valence-corrected chi connectivity index (χ0v) is 14.7. The monoisotopic (exact) mass is 299 g/mol. The average molecular weight is 299 g/mol. The van der Waals surface area contributed by atoms with Gasteiger partial charge in [0, 0.05) is 18.7 Å². The molecule has 2 rings (SSSR count). The molecule has 0 N–H and O–H groups in total. The van der Waals surface area contributed by atoms with Crippen LogP contribution in [0.25, 0.3) is 10.8 Å². The molecule has 0 aromatic heterocycles. The molecular weight excluding hydrogens is 274 g/mol. The highest BCUT2D eigenvalue weighted by Crippen LogP contribution is 2.21. The summed E-state index contributed by atoms with van der Waals surface area (Å²) in [6.45, 7) is 12.5. The molecule has 0 aliphatic rings. The Hall–Kier alpha value is -1.61. The predicted octanol–water partition coefficient (Wildman–Crippen LogP) is 3.87. The lowest BCUT2D eigenvalue weighted by Crippen LogP contribution is -2.44. The van der Waals surface area contributed by atoms with Gasteiger partial charge in [-0.1, -0.05) is 56.0 Å². The molecule has 0 bridgehead atoms. The highest BCUT2D eigenvalue weighted by Gasteiger charge is 2.27. The number of nitrogens with zero attached hydrogens (tertiary/aromatic N) is 1. The van der Waals surface area contributed by atoms with Crippen LogP contribution in [0.1, 0.15) is 24.2 Å². The van der Waals surface area contributed by atoms with E-state index in [1.165, 1.54) is 5.19 Å². The van der Waals surface area contributed by atoms with Crippen molar-refractivity contribution in [3.63, 3.8) is 0 Å². The summed E-state index contributed by atoms with van der Waals surface area (Å²) in [5.74, 6) is 0.175. The van der Waals surface area contributed by atoms with Crippen molar-refractivity contribution >= 4 is 29.9 Å². The van der Waals surface area contributed by atoms with Crippen molar-refractivity contribution in [2.45, 2.75) is 33.5 Å². The lowest BCUT2D eigenvalue weighted by atomic mass is 10.0. The van der Waals surface area contributed by atoms with E-state index in [2.05, 4.69) is 43.9 Å². The van der Waals surface area contributed by atoms with Gasteiger partial charge in [-0.15, -0.1) is 0 Å². The molecule has 0 fully saturated rings. The SMILES string of the molecule is CCN(CC)C(=O)c1c([Si](C)(C)C)ccc2ccccc12. The number of hydrogen-bond donors (Lipinski definition) is 0. The lowest BCUT2D eigenvalue weighted by Gasteiger charge is -2.26. The van der Waals surface area contributed by atoms with Crippen molar-refractivity contribution < 1.29 is 4.79 Å². The number of amides is 1. The molecule has 0 aliphatic heterocycles. The minimum absolute atomic E-state index is 0.175. The number of rotatable bonds is 4. The fraction of sp³-hybridized carbons (Fsp3) is 0.389. The van der Waals surface area contributed by atoms with Gasteiger partial charge in [-0.25, -0.2) is 0 Å². The third-order valence-electron chi connectivity index (χ3n) is 4.00. The first-order chi connectivity index (χ1) is 9.90. The van der Waals surface area contributed by atoms with E-state index >= 15 is 0 Å². The maximum atomic E-state index is 13.0. The first-order valence-corrected chi connectivity index (χ1v) is 11.2. The normalized spacial score (nSPS) is 11.7. The molecular formula is C18H25NOSi. The Balaban J connectivity index is 2.75. The largest absolute Gasteiger partial charge is 0.339 e. The smallest absolute Gasteiger partial charge is 0.254 e. The predicted molar refractivity (Wildman–Crippen MR) is 94.2 cm³/mol. The molecule has 0 aliphatic carbocycles. The number of hydrogen-bond acceptors (Lipinski definition) is 1. The molecule has 0 unspecified atom stereocenters. The molecule has 2 nitrogen and oxygen atoms in total. The summed E-state index contributed by atoms with van der Waals surface area (Å²) in [6, 6.07) is 12.5. The maximum absolute atomic E-state index is 13.0. The first kappa shape index (κ1) is 15.8. The van der Waals surface area contributed by atoms with Crippen molar-refractivity contribution in [3.05, 3.63) is 42.0 Å². The van der Waals surface area contributed by atoms with Crippen LogP contribution >= 0.6 is 0 Å². The van der Waals surface area contributed by atoms with Crippen molar-refractivity contribution in [3.8, 4) is 0 Å². The number of carbonyl (C=O) groups excluding carboxylic acids is 1. The molecule has 0 radical (unpaired) electrons. The molecule has 21 heavy (non-hydrogen) atoms. The number of carbonyl (C=O) groups is 1.